The molecule has 1 N–H and O–H groups in total. The van der Waals surface area contributed by atoms with Gasteiger partial charge in [-0.05, 0) is 36.7 Å². The third-order valence-corrected chi connectivity index (χ3v) is 4.33. The average Bonchev–Trinajstić information content (AvgIpc) is 3.09. The molecule has 1 heterocycles. The molecule has 5 heteroatoms. The molecule has 1 unspecified atom stereocenters. The number of ether oxygens (including phenoxy) is 2. The molecule has 1 amide bonds. The highest BCUT2D eigenvalue weighted by Gasteiger charge is 2.16. The predicted molar refractivity (Wildman–Crippen MR) is 96.5 cm³/mol. The van der Waals surface area contributed by atoms with Crippen LogP contribution in [0.15, 0.2) is 48.5 Å². The van der Waals surface area contributed by atoms with Crippen LogP contribution in [0, 0.1) is 0 Å². The molecule has 0 aromatic heterocycles. The van der Waals surface area contributed by atoms with E-state index in [0.29, 0.717) is 13.1 Å². The molecule has 0 aliphatic carbocycles. The maximum atomic E-state index is 12.4. The lowest BCUT2D eigenvalue weighted by atomic mass is 10.1. The lowest BCUT2D eigenvalue weighted by molar-refractivity contribution is -0.123. The lowest BCUT2D eigenvalue weighted by Crippen LogP contribution is -2.37. The molecule has 2 aromatic carbocycles. The van der Waals surface area contributed by atoms with Gasteiger partial charge in [0, 0.05) is 6.54 Å². The van der Waals surface area contributed by atoms with E-state index in [0.717, 1.165) is 29.2 Å². The van der Waals surface area contributed by atoms with Crippen molar-refractivity contribution in [3.05, 3.63) is 59.7 Å². The van der Waals surface area contributed by atoms with E-state index in [1.165, 1.54) is 0 Å². The van der Waals surface area contributed by atoms with E-state index in [1.54, 1.807) is 0 Å². The zero-order chi connectivity index (χ0) is 17.6. The molecule has 1 aliphatic heterocycles. The zero-order valence-corrected chi connectivity index (χ0v) is 14.7. The quantitative estimate of drug-likeness (QED) is 0.841. The van der Waals surface area contributed by atoms with E-state index in [1.807, 2.05) is 55.5 Å². The summed E-state index contributed by atoms with van der Waals surface area (Å²) in [6.45, 7) is 6.18. The summed E-state index contributed by atoms with van der Waals surface area (Å²) in [5.74, 6) is 1.58. The van der Waals surface area contributed by atoms with E-state index in [9.17, 15) is 4.79 Å². The van der Waals surface area contributed by atoms with Gasteiger partial charge in [-0.25, -0.2) is 0 Å². The number of rotatable bonds is 7. The highest BCUT2D eigenvalue weighted by atomic mass is 16.7. The van der Waals surface area contributed by atoms with Crippen LogP contribution in [0.5, 0.6) is 11.5 Å². The molecule has 1 aliphatic rings. The summed E-state index contributed by atoms with van der Waals surface area (Å²) in [6.07, 6.45) is 0. The Morgan fingerprint density at radius 3 is 2.68 bits per heavy atom. The summed E-state index contributed by atoms with van der Waals surface area (Å²) in [7, 11) is 0. The highest BCUT2D eigenvalue weighted by molar-refractivity contribution is 5.78. The molecule has 0 radical (unpaired) electrons. The van der Waals surface area contributed by atoms with Gasteiger partial charge < -0.3 is 14.8 Å². The van der Waals surface area contributed by atoms with E-state index in [2.05, 4.69) is 17.1 Å². The molecule has 5 nitrogen and oxygen atoms in total. The minimum Gasteiger partial charge on any atom is -0.454 e. The van der Waals surface area contributed by atoms with Crippen molar-refractivity contribution in [2.45, 2.75) is 26.4 Å². The molecule has 0 saturated carbocycles. The summed E-state index contributed by atoms with van der Waals surface area (Å²) in [5.41, 5.74) is 2.21. The Morgan fingerprint density at radius 1 is 1.16 bits per heavy atom. The van der Waals surface area contributed by atoms with Gasteiger partial charge in [-0.2, -0.15) is 0 Å². The van der Waals surface area contributed by atoms with Gasteiger partial charge in [0.2, 0.25) is 12.7 Å². The number of hydrogen-bond acceptors (Lipinski definition) is 4. The van der Waals surface area contributed by atoms with Crippen LogP contribution in [-0.2, 0) is 11.3 Å². The summed E-state index contributed by atoms with van der Waals surface area (Å²) >= 11 is 0. The van der Waals surface area contributed by atoms with Gasteiger partial charge >= 0.3 is 0 Å². The molecule has 0 fully saturated rings. The van der Waals surface area contributed by atoms with Crippen LogP contribution in [0.25, 0.3) is 0 Å². The van der Waals surface area contributed by atoms with Crippen LogP contribution < -0.4 is 14.8 Å². The summed E-state index contributed by atoms with van der Waals surface area (Å²) in [4.78, 5) is 14.5. The highest BCUT2D eigenvalue weighted by Crippen LogP contribution is 2.32. The third kappa shape index (κ3) is 4.51. The number of nitrogens with one attached hydrogen (secondary N) is 1. The lowest BCUT2D eigenvalue weighted by Gasteiger charge is -2.22. The first kappa shape index (κ1) is 17.3. The van der Waals surface area contributed by atoms with E-state index >= 15 is 0 Å². The zero-order valence-electron chi connectivity index (χ0n) is 14.7. The molecule has 2 aromatic rings. The number of carbonyl (C=O) groups excluding carboxylic acids is 1. The molecular formula is C20H24N2O3. The van der Waals surface area contributed by atoms with Gasteiger partial charge in [-0.15, -0.1) is 0 Å². The molecule has 0 saturated heterocycles. The monoisotopic (exact) mass is 340 g/mol. The van der Waals surface area contributed by atoms with Crippen LogP contribution >= 0.6 is 0 Å². The second-order valence-corrected chi connectivity index (χ2v) is 6.19. The minimum atomic E-state index is -0.00190. The van der Waals surface area contributed by atoms with Crippen molar-refractivity contribution in [3.63, 3.8) is 0 Å². The summed E-state index contributed by atoms with van der Waals surface area (Å²) in [6, 6.07) is 15.9. The number of hydrogen-bond donors (Lipinski definition) is 1. The normalized spacial score (nSPS) is 13.7. The molecule has 1 atom stereocenters. The van der Waals surface area contributed by atoms with E-state index in [-0.39, 0.29) is 18.7 Å². The molecule has 3 rings (SSSR count). The SMILES string of the molecule is CCN(CC(=O)NC(C)c1ccccc1)Cc1ccc2c(c1)OCO2. The smallest absolute Gasteiger partial charge is 0.234 e. The topological polar surface area (TPSA) is 50.8 Å². The van der Waals surface area contributed by atoms with E-state index < -0.39 is 0 Å². The molecule has 132 valence electrons. The minimum absolute atomic E-state index is 0.00190. The Morgan fingerprint density at radius 2 is 1.92 bits per heavy atom. The standard InChI is InChI=1S/C20H24N2O3/c1-3-22(12-16-9-10-18-19(11-16)25-14-24-18)13-20(23)21-15(2)17-7-5-4-6-8-17/h4-11,15H,3,12-14H2,1-2H3,(H,21,23). The van der Waals surface area contributed by atoms with Gasteiger partial charge in [-0.1, -0.05) is 43.3 Å². The van der Waals surface area contributed by atoms with Crippen molar-refractivity contribution in [3.8, 4) is 11.5 Å². The largest absolute Gasteiger partial charge is 0.454 e. The van der Waals surface area contributed by atoms with Crippen LogP contribution in [-0.4, -0.2) is 30.7 Å². The Labute approximate surface area is 148 Å². The van der Waals surface area contributed by atoms with Crippen LogP contribution in [0.2, 0.25) is 0 Å². The first-order valence-corrected chi connectivity index (χ1v) is 8.61. The Bertz CT molecular complexity index is 718. The van der Waals surface area contributed by atoms with Gasteiger partial charge in [0.15, 0.2) is 11.5 Å². The van der Waals surface area contributed by atoms with Crippen molar-refractivity contribution in [1.82, 2.24) is 10.2 Å². The summed E-state index contributed by atoms with van der Waals surface area (Å²) in [5, 5.41) is 3.06. The van der Waals surface area contributed by atoms with Crippen LogP contribution in [0.3, 0.4) is 0 Å². The number of likely N-dealkylation sites (N-methyl/N-ethyl adjacent to an activating group) is 1. The fourth-order valence-corrected chi connectivity index (χ4v) is 2.89. The van der Waals surface area contributed by atoms with Gasteiger partial charge in [0.1, 0.15) is 0 Å². The molecule has 0 bridgehead atoms. The van der Waals surface area contributed by atoms with Crippen molar-refractivity contribution in [2.75, 3.05) is 19.9 Å². The maximum Gasteiger partial charge on any atom is 0.234 e. The van der Waals surface area contributed by atoms with Crippen LogP contribution in [0.4, 0.5) is 0 Å². The maximum absolute atomic E-state index is 12.4. The van der Waals surface area contributed by atoms with E-state index in [4.69, 9.17) is 9.47 Å². The Balaban J connectivity index is 1.55. The summed E-state index contributed by atoms with van der Waals surface area (Å²) < 4.78 is 10.8. The molecule has 25 heavy (non-hydrogen) atoms. The van der Waals surface area contributed by atoms with Crippen molar-refractivity contribution in [2.24, 2.45) is 0 Å². The fourth-order valence-electron chi connectivity index (χ4n) is 2.89. The second-order valence-electron chi connectivity index (χ2n) is 6.19. The number of amides is 1. The van der Waals surface area contributed by atoms with Crippen molar-refractivity contribution < 1.29 is 14.3 Å². The molecule has 0 spiro atoms. The third-order valence-electron chi connectivity index (χ3n) is 4.33. The Kier molecular flexibility index (Phi) is 5.56. The van der Waals surface area contributed by atoms with Gasteiger partial charge in [0.25, 0.3) is 0 Å². The number of nitrogens with zero attached hydrogens (tertiary/aromatic N) is 1. The average molecular weight is 340 g/mol. The Hall–Kier alpha value is -2.53. The van der Waals surface area contributed by atoms with Gasteiger partial charge in [0.05, 0.1) is 12.6 Å². The number of carbonyl (C=O) groups is 1. The second kappa shape index (κ2) is 8.03. The first-order valence-electron chi connectivity index (χ1n) is 8.61. The predicted octanol–water partition coefficient (Wildman–Crippen LogP) is 3.11. The number of benzene rings is 2. The van der Waals surface area contributed by atoms with Crippen molar-refractivity contribution >= 4 is 5.91 Å². The fraction of sp³-hybridized carbons (Fsp3) is 0.350. The van der Waals surface area contributed by atoms with Gasteiger partial charge in [-0.3, -0.25) is 9.69 Å². The first-order chi connectivity index (χ1) is 12.2. The van der Waals surface area contributed by atoms with Crippen molar-refractivity contribution in [1.29, 1.82) is 0 Å². The molecular weight excluding hydrogens is 316 g/mol. The number of fused-ring (bicyclic) bond motifs is 1. The van der Waals surface area contributed by atoms with Crippen LogP contribution in [0.1, 0.15) is 31.0 Å².